The first-order valence-corrected chi connectivity index (χ1v) is 39.7. The zero-order valence-electron chi connectivity index (χ0n) is 72.5. The van der Waals surface area contributed by atoms with Crippen LogP contribution >= 0.6 is 0 Å². The van der Waals surface area contributed by atoms with Gasteiger partial charge in [0.05, 0.1) is 61.6 Å². The minimum atomic E-state index is -3.60. The molecule has 0 aliphatic heterocycles. The number of carbonyl (C=O) groups is 17. The summed E-state index contributed by atoms with van der Waals surface area (Å²) in [5, 5.41) is 111. The fourth-order valence-corrected chi connectivity index (χ4v) is 8.66. The maximum atomic E-state index is 12.0. The number of aromatic carboxylic acids is 1. The summed E-state index contributed by atoms with van der Waals surface area (Å²) in [5.41, 5.74) is -6.03. The van der Waals surface area contributed by atoms with E-state index in [1.807, 2.05) is 69.2 Å². The van der Waals surface area contributed by atoms with E-state index in [2.05, 4.69) is 36.6 Å². The molecule has 0 saturated carbocycles. The number of carbonyl (C=O) groups excluding carboxylic acids is 9. The topological polar surface area (TPSA) is 638 Å². The quantitative estimate of drug-likeness (QED) is 0.0217. The molecule has 0 saturated heterocycles. The van der Waals surface area contributed by atoms with Crippen molar-refractivity contribution < 1.29 is 156 Å². The van der Waals surface area contributed by atoms with Gasteiger partial charge in [0, 0.05) is 50.8 Å². The molecular weight excluding hydrogens is 1730 g/mol. The number of ether oxygens (including phenoxy) is 2. The summed E-state index contributed by atoms with van der Waals surface area (Å²) in [6.45, 7) is 36.9. The maximum Gasteiger partial charge on any atom is 0.349 e. The molecule has 6 amide bonds. The number of rotatable bonds is 42. The normalized spacial score (nSPS) is 11.0. The number of carboxylic acid groups (broad SMARTS) is 8. The van der Waals surface area contributed by atoms with Gasteiger partial charge in [-0.25, -0.2) is 22.8 Å². The van der Waals surface area contributed by atoms with Gasteiger partial charge in [0.2, 0.25) is 41.0 Å². The molecule has 3 atom stereocenters. The first-order chi connectivity index (χ1) is 54.3. The molecule has 0 radical (unpaired) electrons. The summed E-state index contributed by atoms with van der Waals surface area (Å²) in [6.07, 6.45) is 1.22. The number of Topliss-reactive ketones (excluding diaryl/α,β-unsaturated/α-hetero) is 1. The molecule has 0 aromatic heterocycles. The van der Waals surface area contributed by atoms with Gasteiger partial charge in [-0.3, -0.25) is 67.1 Å². The first-order valence-electron chi connectivity index (χ1n) is 38.1. The fraction of sp³-hybridized carbons (Fsp3) is 0.685. The standard InChI is InChI=1S/C16H24O10.C15H21NO4S.C13H17NO3.C10H17NO5.C10H21NO4.2C8H15NO3.12CH4/c1-4-15(2,3)14(24)25-7-5-6-12(21)26-16(13(22)23,8-10(17)18)9-11(19)20;1-5-15(3,4)14(18)16-12-6-8-13(9-7-12)21(19,20)10-11(2)17;1-4-13(2,3)12(17)14-10-7-5-9(6-8-10)11(15)16;1-4-10(2,3)9(16)11-6(8(14)15)5-7(12)13;1-4-9(2,3)8(15)11-10(5-12,6-13)7-14;1-4-8(2,3)7(12)9-5-6(10)11;1-4-5(2)7(10)9-6(3)8(11)12;;;;;;;;;;;;/h4-9H2,1-3H3,(H,17,18)(H,19,20)(H,22,23);6-9H,5,10H2,1-4H3,(H,16,18);5-8H,4H2,1-3H3,(H,14,17)(H,15,16);6H,4-5H2,1-3H3,(H,11,16)(H,12,13)(H,14,15);12-14H,4-7H2,1-3H3,(H,11,15);4-5H2,1-3H3,(H,9,12)(H,10,11);5-6H,4H2,1-3H3,(H,9,10)(H,11,12);12*1H4. The monoisotopic (exact) mass is 1910 g/mol. The van der Waals surface area contributed by atoms with E-state index in [1.54, 1.807) is 81.4 Å². The zero-order chi connectivity index (χ0) is 94.4. The van der Waals surface area contributed by atoms with Crippen LogP contribution in [0.5, 0.6) is 0 Å². The summed E-state index contributed by atoms with van der Waals surface area (Å²) >= 11 is 0. The van der Waals surface area contributed by atoms with Crippen LogP contribution in [0.2, 0.25) is 0 Å². The number of nitrogens with one attached hydrogen (secondary N) is 6. The number of aliphatic hydroxyl groups is 3. The van der Waals surface area contributed by atoms with Crippen molar-refractivity contribution in [1.29, 1.82) is 0 Å². The van der Waals surface area contributed by atoms with E-state index >= 15 is 0 Å². The van der Waals surface area contributed by atoms with Crippen LogP contribution in [0.1, 0.15) is 329 Å². The highest BCUT2D eigenvalue weighted by Crippen LogP contribution is 2.28. The number of benzene rings is 2. The fourth-order valence-electron chi connectivity index (χ4n) is 7.41. The molecule has 0 spiro atoms. The predicted molar refractivity (Wildman–Crippen MR) is 515 cm³/mol. The van der Waals surface area contributed by atoms with Crippen LogP contribution in [0.25, 0.3) is 0 Å². The second-order valence-corrected chi connectivity index (χ2v) is 33.5. The Morgan fingerprint density at radius 2 is 0.786 bits per heavy atom. The molecular formula is C92H178N6O32S. The van der Waals surface area contributed by atoms with Gasteiger partial charge >= 0.3 is 59.7 Å². The van der Waals surface area contributed by atoms with Crippen LogP contribution < -0.4 is 31.9 Å². The van der Waals surface area contributed by atoms with Gasteiger partial charge in [-0.15, -0.1) is 0 Å². The van der Waals surface area contributed by atoms with Gasteiger partial charge in [0.1, 0.15) is 35.7 Å². The molecule has 774 valence electrons. The van der Waals surface area contributed by atoms with E-state index in [9.17, 15) is 89.9 Å². The van der Waals surface area contributed by atoms with E-state index in [-0.39, 0.29) is 161 Å². The molecule has 2 rings (SSSR count). The number of aliphatic carboxylic acids is 7. The van der Waals surface area contributed by atoms with Gasteiger partial charge in [0.15, 0.2) is 9.84 Å². The molecule has 0 aliphatic rings. The van der Waals surface area contributed by atoms with Crippen LogP contribution in [0.4, 0.5) is 11.4 Å². The van der Waals surface area contributed by atoms with E-state index in [0.29, 0.717) is 43.5 Å². The third-order valence-corrected chi connectivity index (χ3v) is 20.7. The third kappa shape index (κ3) is 64.8. The van der Waals surface area contributed by atoms with Gasteiger partial charge in [-0.1, -0.05) is 214 Å². The number of aliphatic hydroxyl groups excluding tert-OH is 3. The zero-order valence-corrected chi connectivity index (χ0v) is 73.3. The Bertz CT molecular complexity index is 3790. The second kappa shape index (κ2) is 75.0. The number of ketones is 1. The SMILES string of the molecule is C.C.C.C.C.C.C.C.C.C.C.C.CCC(C)(C)C(=O)NC(CC(=O)O)C(=O)O.CCC(C)(C)C(=O)NC(CO)(CO)CO.CCC(C)(C)C(=O)NCC(=O)O.CCC(C)(C)C(=O)Nc1ccc(C(=O)O)cc1.CCC(C)(C)C(=O)Nc1ccc(S(=O)(=O)CC(C)=O)cc1.CCC(C)(C)C(=O)OCCCC(=O)OC(CC(=O)O)(CC(=O)O)C(=O)O.CCC(C)C(=O)NC(C)C(=O)O. The highest BCUT2D eigenvalue weighted by atomic mass is 32.2. The lowest BCUT2D eigenvalue weighted by Gasteiger charge is -2.33. The van der Waals surface area contributed by atoms with Gasteiger partial charge < -0.3 is 97.5 Å². The number of hydrogen-bond acceptors (Lipinski definition) is 24. The van der Waals surface area contributed by atoms with Gasteiger partial charge in [-0.05, 0) is 128 Å². The van der Waals surface area contributed by atoms with E-state index in [4.69, 9.17) is 60.9 Å². The third-order valence-electron chi connectivity index (χ3n) is 19.0. The Labute approximate surface area is 783 Å². The number of esters is 2. The average Bonchev–Trinajstić information content (AvgIpc) is 0.835. The van der Waals surface area contributed by atoms with Crippen molar-refractivity contribution in [2.45, 2.75) is 347 Å². The highest BCUT2D eigenvalue weighted by molar-refractivity contribution is 7.92. The lowest BCUT2D eigenvalue weighted by Crippen LogP contribution is -2.59. The highest BCUT2D eigenvalue weighted by Gasteiger charge is 2.47. The minimum Gasteiger partial charge on any atom is -0.481 e. The Kier molecular flexibility index (Phi) is 92.0. The summed E-state index contributed by atoms with van der Waals surface area (Å²) < 4.78 is 33.4. The lowest BCUT2D eigenvalue weighted by atomic mass is 9.87. The Hall–Kier alpha value is -10.5. The van der Waals surface area contributed by atoms with Crippen molar-refractivity contribution in [1.82, 2.24) is 21.3 Å². The largest absolute Gasteiger partial charge is 0.481 e. The van der Waals surface area contributed by atoms with Crippen LogP contribution in [-0.2, 0) is 96.0 Å². The van der Waals surface area contributed by atoms with E-state index < -0.39 is 182 Å². The Balaban J connectivity index is -0.0000000771. The first kappa shape index (κ1) is 161. The molecule has 17 N–H and O–H groups in total. The smallest absolute Gasteiger partial charge is 0.349 e. The predicted octanol–water partition coefficient (Wildman–Crippen LogP) is 14.8. The summed E-state index contributed by atoms with van der Waals surface area (Å²) in [5.74, 6) is -14.7. The number of amides is 6. The number of sulfone groups is 1. The lowest BCUT2D eigenvalue weighted by molar-refractivity contribution is -0.186. The molecule has 3 unspecified atom stereocenters. The molecule has 0 fully saturated rings. The van der Waals surface area contributed by atoms with Crippen molar-refractivity contribution >= 4 is 122 Å². The molecule has 131 heavy (non-hydrogen) atoms. The molecule has 39 heteroatoms. The average molecular weight is 1910 g/mol. The Morgan fingerprint density at radius 1 is 0.435 bits per heavy atom. The van der Waals surface area contributed by atoms with Crippen molar-refractivity contribution in [2.24, 2.45) is 38.4 Å². The van der Waals surface area contributed by atoms with Crippen molar-refractivity contribution in [3.63, 3.8) is 0 Å². The van der Waals surface area contributed by atoms with Crippen molar-refractivity contribution in [3.8, 4) is 0 Å². The molecule has 0 aliphatic carbocycles. The van der Waals surface area contributed by atoms with Crippen molar-refractivity contribution in [3.05, 3.63) is 54.1 Å². The van der Waals surface area contributed by atoms with E-state index in [0.717, 1.165) is 12.8 Å². The Morgan fingerprint density at radius 3 is 1.08 bits per heavy atom. The summed E-state index contributed by atoms with van der Waals surface area (Å²) in [4.78, 5) is 189. The number of carboxylic acids is 8. The van der Waals surface area contributed by atoms with Crippen LogP contribution in [-0.4, -0.2) is 227 Å². The maximum absolute atomic E-state index is 12.0. The summed E-state index contributed by atoms with van der Waals surface area (Å²) in [7, 11) is -3.60. The van der Waals surface area contributed by atoms with Gasteiger partial charge in [-0.2, -0.15) is 0 Å². The second-order valence-electron chi connectivity index (χ2n) is 31.5. The van der Waals surface area contributed by atoms with Crippen LogP contribution in [0.3, 0.4) is 0 Å². The molecule has 2 aromatic carbocycles. The minimum absolute atomic E-state index is 0. The van der Waals surface area contributed by atoms with Crippen molar-refractivity contribution in [2.75, 3.05) is 49.4 Å². The number of hydrogen-bond donors (Lipinski definition) is 17. The molecule has 2 aromatic rings. The molecule has 0 bridgehead atoms. The van der Waals surface area contributed by atoms with E-state index in [1.165, 1.54) is 50.2 Å². The van der Waals surface area contributed by atoms with Crippen LogP contribution in [0, 0.1) is 38.4 Å². The summed E-state index contributed by atoms with van der Waals surface area (Å²) in [6, 6.07) is 9.78. The molecule has 0 heterocycles. The molecule has 38 nitrogen and oxygen atoms in total. The van der Waals surface area contributed by atoms with Crippen LogP contribution in [0.15, 0.2) is 53.4 Å². The van der Waals surface area contributed by atoms with Gasteiger partial charge in [0.25, 0.3) is 0 Å². The number of anilines is 2.